The Morgan fingerprint density at radius 1 is 0.536 bits per heavy atom. The molecular formula is C41H46N10O16S2. The van der Waals surface area contributed by atoms with Crippen LogP contribution in [-0.2, 0) is 52.7 Å². The Labute approximate surface area is 393 Å². The van der Waals surface area contributed by atoms with Crippen molar-refractivity contribution >= 4 is 79.5 Å². The van der Waals surface area contributed by atoms with Gasteiger partial charge in [0, 0.05) is 37.6 Å². The maximum atomic E-state index is 13.7. The van der Waals surface area contributed by atoms with Crippen molar-refractivity contribution in [1.82, 2.24) is 18.1 Å². The first-order valence-electron chi connectivity index (χ1n) is 19.9. The van der Waals surface area contributed by atoms with Gasteiger partial charge >= 0.3 is 35.8 Å². The molecule has 0 unspecified atom stereocenters. The molecule has 0 aliphatic rings. The van der Waals surface area contributed by atoms with Crippen molar-refractivity contribution in [1.29, 1.82) is 10.8 Å². The second kappa shape index (κ2) is 24.1. The highest BCUT2D eigenvalue weighted by Gasteiger charge is 2.39. The smallest absolute Gasteiger partial charge is 0.343 e. The minimum absolute atomic E-state index is 0.0456. The van der Waals surface area contributed by atoms with Crippen molar-refractivity contribution in [2.24, 2.45) is 11.5 Å². The normalized spacial score (nSPS) is 12.3. The Bertz CT molecular complexity index is 2570. The van der Waals surface area contributed by atoms with Crippen LogP contribution in [0, 0.1) is 10.8 Å². The van der Waals surface area contributed by atoms with Crippen LogP contribution in [0.15, 0.2) is 97.1 Å². The second-order valence-electron chi connectivity index (χ2n) is 14.4. The molecule has 4 aromatic rings. The van der Waals surface area contributed by atoms with Crippen molar-refractivity contribution in [2.75, 3.05) is 23.7 Å². The lowest BCUT2D eigenvalue weighted by Crippen LogP contribution is -2.53. The number of aliphatic carboxylic acids is 4. The number of nitrogens with one attached hydrogen (secondary N) is 6. The number of rotatable bonds is 26. The van der Waals surface area contributed by atoms with Crippen molar-refractivity contribution in [3.8, 4) is 11.5 Å². The van der Waals surface area contributed by atoms with E-state index < -0.39 is 114 Å². The van der Waals surface area contributed by atoms with Gasteiger partial charge in [-0.25, -0.2) is 9.59 Å². The molecule has 4 rings (SSSR count). The fourth-order valence-electron chi connectivity index (χ4n) is 6.11. The van der Waals surface area contributed by atoms with E-state index in [0.29, 0.717) is 11.4 Å². The number of ether oxygens (including phenoxy) is 2. The summed E-state index contributed by atoms with van der Waals surface area (Å²) in [7, 11) is -9.93. The first kappa shape index (κ1) is 53.6. The Hall–Kier alpha value is -8.02. The summed E-state index contributed by atoms with van der Waals surface area (Å²) in [6.07, 6.45) is -3.23. The zero-order valence-electron chi connectivity index (χ0n) is 35.9. The molecule has 0 aliphatic heterocycles. The van der Waals surface area contributed by atoms with E-state index >= 15 is 0 Å². The largest absolute Gasteiger partial charge is 0.481 e. The van der Waals surface area contributed by atoms with Crippen LogP contribution < -0.4 is 41.0 Å². The van der Waals surface area contributed by atoms with Crippen LogP contribution in [0.4, 0.5) is 11.4 Å². The summed E-state index contributed by atoms with van der Waals surface area (Å²) >= 11 is 0. The number of carboxylic acid groups (broad SMARTS) is 4. The Morgan fingerprint density at radius 2 is 0.855 bits per heavy atom. The van der Waals surface area contributed by atoms with Gasteiger partial charge in [-0.15, -0.1) is 0 Å². The molecule has 2 atom stereocenters. The molecule has 26 nitrogen and oxygen atoms in total. The lowest BCUT2D eigenvalue weighted by Gasteiger charge is -2.30. The van der Waals surface area contributed by atoms with E-state index in [9.17, 15) is 66.0 Å². The molecule has 69 heavy (non-hydrogen) atoms. The molecule has 0 heterocycles. The van der Waals surface area contributed by atoms with Gasteiger partial charge in [-0.3, -0.25) is 30.0 Å². The molecule has 4 aromatic carbocycles. The number of nitrogens with two attached hydrogens (primary N) is 2. The minimum Gasteiger partial charge on any atom is -0.481 e. The van der Waals surface area contributed by atoms with Gasteiger partial charge in [-0.05, 0) is 90.3 Å². The summed E-state index contributed by atoms with van der Waals surface area (Å²) in [6.45, 7) is -2.91. The Kier molecular flexibility index (Phi) is 18.7. The maximum Gasteiger partial charge on any atom is 0.343 e. The highest BCUT2D eigenvalue weighted by Crippen LogP contribution is 2.21. The molecule has 0 radical (unpaired) electrons. The lowest BCUT2D eigenvalue weighted by molar-refractivity contribution is -0.148. The molecule has 28 heteroatoms. The van der Waals surface area contributed by atoms with Crippen molar-refractivity contribution in [2.45, 2.75) is 44.4 Å². The monoisotopic (exact) mass is 998 g/mol. The van der Waals surface area contributed by atoms with Gasteiger partial charge in [-0.2, -0.15) is 34.9 Å². The highest BCUT2D eigenvalue weighted by atomic mass is 32.2. The van der Waals surface area contributed by atoms with Crippen LogP contribution in [0.3, 0.4) is 0 Å². The van der Waals surface area contributed by atoms with Gasteiger partial charge in [0.2, 0.25) is 0 Å². The van der Waals surface area contributed by atoms with E-state index in [1.54, 1.807) is 0 Å². The van der Waals surface area contributed by atoms with Crippen LogP contribution in [0.2, 0.25) is 0 Å². The van der Waals surface area contributed by atoms with Gasteiger partial charge in [0.25, 0.3) is 20.4 Å². The van der Waals surface area contributed by atoms with Gasteiger partial charge in [0.05, 0.1) is 24.0 Å². The quantitative estimate of drug-likeness (QED) is 0.0180. The fourth-order valence-corrected chi connectivity index (χ4v) is 8.88. The number of nitrogens with zero attached hydrogens (tertiary/aromatic N) is 2. The second-order valence-corrected chi connectivity index (χ2v) is 17.8. The van der Waals surface area contributed by atoms with Gasteiger partial charge in [-0.1, -0.05) is 24.3 Å². The van der Waals surface area contributed by atoms with Crippen LogP contribution in [0.5, 0.6) is 11.5 Å². The third-order valence-electron chi connectivity index (χ3n) is 9.36. The number of anilines is 2. The summed E-state index contributed by atoms with van der Waals surface area (Å²) in [5.74, 6) is -9.32. The van der Waals surface area contributed by atoms with E-state index in [2.05, 4.69) is 20.1 Å². The van der Waals surface area contributed by atoms with E-state index in [-0.39, 0.29) is 54.3 Å². The first-order valence-corrected chi connectivity index (χ1v) is 22.8. The summed E-state index contributed by atoms with van der Waals surface area (Å²) in [5.41, 5.74) is 12.2. The summed E-state index contributed by atoms with van der Waals surface area (Å²) in [6, 6.07) is 17.7. The minimum atomic E-state index is -4.97. The number of carbonyl (C=O) groups excluding carboxylic acids is 2. The molecule has 0 spiro atoms. The van der Waals surface area contributed by atoms with E-state index in [1.165, 1.54) is 97.1 Å². The van der Waals surface area contributed by atoms with Gasteiger partial charge < -0.3 is 52.0 Å². The molecule has 0 aliphatic carbocycles. The molecule has 0 saturated heterocycles. The van der Waals surface area contributed by atoms with Crippen LogP contribution in [0.1, 0.15) is 51.1 Å². The number of benzene rings is 4. The van der Waals surface area contributed by atoms with Gasteiger partial charge in [0.15, 0.2) is 11.9 Å². The van der Waals surface area contributed by atoms with E-state index in [0.717, 1.165) is 0 Å². The van der Waals surface area contributed by atoms with Crippen molar-refractivity contribution < 1.29 is 75.5 Å². The third-order valence-corrected chi connectivity index (χ3v) is 12.5. The SMILES string of the molecule is N=C(N)Nc1ccc(C(=O)Oc2ccc(CNS(=O)(=O)N(CCCN([C@@H](CC(=O)O)C(=O)O)S(=O)(=O)NCc3ccc(OC(=O)c4ccc(NC(=N)N)cc4)cc3)[C@@H](CC(=O)O)C(=O)O)cc2)cc1. The summed E-state index contributed by atoms with van der Waals surface area (Å²) in [4.78, 5) is 73.3. The number of guanidine groups is 2. The average Bonchev–Trinajstić information content (AvgIpc) is 3.27. The van der Waals surface area contributed by atoms with Crippen LogP contribution in [-0.4, -0.2) is 119 Å². The number of hydrogen-bond acceptors (Lipinski definition) is 14. The Balaban J connectivity index is 1.47. The predicted octanol–water partition coefficient (Wildman–Crippen LogP) is 0.955. The van der Waals surface area contributed by atoms with Gasteiger partial charge in [0.1, 0.15) is 23.6 Å². The van der Waals surface area contributed by atoms with E-state index in [4.69, 9.17) is 31.8 Å². The predicted molar refractivity (Wildman–Crippen MR) is 244 cm³/mol. The lowest BCUT2D eigenvalue weighted by atomic mass is 10.2. The number of carbonyl (C=O) groups is 6. The highest BCUT2D eigenvalue weighted by molar-refractivity contribution is 7.87. The first-order chi connectivity index (χ1) is 32.4. The maximum absolute atomic E-state index is 13.7. The molecule has 0 amide bonds. The van der Waals surface area contributed by atoms with Crippen LogP contribution in [0.25, 0.3) is 0 Å². The zero-order valence-corrected chi connectivity index (χ0v) is 37.5. The fraction of sp³-hybridized carbons (Fsp3) is 0.220. The summed E-state index contributed by atoms with van der Waals surface area (Å²) < 4.78 is 70.3. The third kappa shape index (κ3) is 16.7. The number of esters is 2. The zero-order chi connectivity index (χ0) is 51.1. The average molecular weight is 999 g/mol. The standard InChI is InChI=1S/C41H46N10O16S2/c42-40(43)48-28-10-6-26(7-11-28)38(60)66-30-14-2-24(3-15-30)22-46-68(62,63)50(32(36(56)57)20-34(52)53)18-1-19-51(33(37(58)59)21-35(54)55)69(64,65)47-23-25-4-16-31(17-5-25)67-39(61)27-8-12-29(13-9-27)49-41(44)45/h2-17,32-33,46-47H,1,18-23H2,(H,52,53)(H,54,55)(H,56,57)(H,58,59)(H4,42,43,48)(H4,44,45,49)/t32-,33-/m0/s1. The molecule has 0 fully saturated rings. The molecule has 0 bridgehead atoms. The molecular weight excluding hydrogens is 953 g/mol. The number of hydrogen-bond donors (Lipinski definition) is 12. The number of carboxylic acids is 4. The van der Waals surface area contributed by atoms with E-state index in [1.807, 2.05) is 0 Å². The molecule has 0 saturated carbocycles. The molecule has 0 aromatic heterocycles. The molecule has 14 N–H and O–H groups in total. The van der Waals surface area contributed by atoms with Crippen molar-refractivity contribution in [3.63, 3.8) is 0 Å². The summed E-state index contributed by atoms with van der Waals surface area (Å²) in [5, 5.41) is 58.5. The molecule has 368 valence electrons. The Morgan fingerprint density at radius 3 is 1.13 bits per heavy atom. The topological polar surface area (TPSA) is 424 Å². The van der Waals surface area contributed by atoms with Crippen molar-refractivity contribution in [3.05, 3.63) is 119 Å². The van der Waals surface area contributed by atoms with Crippen LogP contribution >= 0.6 is 0 Å².